The van der Waals surface area contributed by atoms with Crippen LogP contribution in [0, 0.1) is 6.92 Å². The molecule has 0 saturated heterocycles. The molecule has 1 unspecified atom stereocenters. The summed E-state index contributed by atoms with van der Waals surface area (Å²) in [4.78, 5) is 17.1. The molecule has 0 saturated carbocycles. The molecule has 1 N–H and O–H groups in total. The summed E-state index contributed by atoms with van der Waals surface area (Å²) in [5.41, 5.74) is 5.52. The van der Waals surface area contributed by atoms with Gasteiger partial charge in [-0.1, -0.05) is 36.4 Å². The maximum absolute atomic E-state index is 5.64. The van der Waals surface area contributed by atoms with Gasteiger partial charge in [-0.25, -0.2) is 15.0 Å². The highest BCUT2D eigenvalue weighted by molar-refractivity contribution is 6.51. The Labute approximate surface area is 237 Å². The van der Waals surface area contributed by atoms with Crippen LogP contribution in [0.5, 0.6) is 11.5 Å². The maximum Gasteiger partial charge on any atom is 0.179 e. The summed E-state index contributed by atoms with van der Waals surface area (Å²) in [5.74, 6) is 4.20. The lowest BCUT2D eigenvalue weighted by atomic mass is 9.93. The number of aromatic nitrogens is 3. The van der Waals surface area contributed by atoms with Crippen molar-refractivity contribution in [1.29, 1.82) is 0 Å². The van der Waals surface area contributed by atoms with Crippen molar-refractivity contribution in [3.8, 4) is 17.3 Å². The number of amidine groups is 2. The van der Waals surface area contributed by atoms with Crippen LogP contribution in [0.4, 0.5) is 22.9 Å². The van der Waals surface area contributed by atoms with Crippen LogP contribution in [0.1, 0.15) is 22.9 Å². The number of fused-ring (bicyclic) bond motifs is 4. The minimum atomic E-state index is -0.260. The molecule has 0 radical (unpaired) electrons. The second-order valence-electron chi connectivity index (χ2n) is 9.71. The number of benzene rings is 3. The molecule has 0 amide bonds. The molecule has 7 rings (SSSR count). The first-order valence-corrected chi connectivity index (χ1v) is 13.3. The van der Waals surface area contributed by atoms with Crippen LogP contribution in [0.15, 0.2) is 107 Å². The van der Waals surface area contributed by atoms with E-state index < -0.39 is 0 Å². The summed E-state index contributed by atoms with van der Waals surface area (Å²) >= 11 is 0. The molecule has 9 nitrogen and oxygen atoms in total. The highest BCUT2D eigenvalue weighted by atomic mass is 16.5. The highest BCUT2D eigenvalue weighted by Crippen LogP contribution is 2.48. The van der Waals surface area contributed by atoms with Crippen LogP contribution >= 0.6 is 0 Å². The van der Waals surface area contributed by atoms with Crippen LogP contribution in [0.2, 0.25) is 0 Å². The third-order valence-corrected chi connectivity index (χ3v) is 7.25. The molecule has 4 heterocycles. The molecule has 202 valence electrons. The number of hydrogen-bond donors (Lipinski definition) is 1. The quantitative estimate of drug-likeness (QED) is 0.277. The van der Waals surface area contributed by atoms with Crippen molar-refractivity contribution < 1.29 is 9.47 Å². The second kappa shape index (κ2) is 9.95. The first-order valence-electron chi connectivity index (χ1n) is 13.3. The lowest BCUT2D eigenvalue weighted by molar-refractivity contribution is 0.414. The van der Waals surface area contributed by atoms with Crippen LogP contribution in [0.3, 0.4) is 0 Å². The number of nitrogens with one attached hydrogen (secondary N) is 1. The summed E-state index contributed by atoms with van der Waals surface area (Å²) in [6.07, 6.45) is 1.76. The van der Waals surface area contributed by atoms with Gasteiger partial charge in [-0.2, -0.15) is 9.78 Å². The summed E-state index contributed by atoms with van der Waals surface area (Å²) < 4.78 is 12.9. The van der Waals surface area contributed by atoms with Gasteiger partial charge in [0.05, 0.1) is 37.3 Å². The highest BCUT2D eigenvalue weighted by Gasteiger charge is 2.41. The van der Waals surface area contributed by atoms with Crippen molar-refractivity contribution in [2.75, 3.05) is 24.4 Å². The largest absolute Gasteiger partial charge is 0.497 e. The smallest absolute Gasteiger partial charge is 0.179 e. The third-order valence-electron chi connectivity index (χ3n) is 7.25. The van der Waals surface area contributed by atoms with Gasteiger partial charge < -0.3 is 19.7 Å². The Hall–Kier alpha value is -5.44. The zero-order valence-electron chi connectivity index (χ0n) is 22.8. The van der Waals surface area contributed by atoms with Crippen LogP contribution in [-0.2, 0) is 0 Å². The van der Waals surface area contributed by atoms with Gasteiger partial charge in [0, 0.05) is 23.5 Å². The summed E-state index contributed by atoms with van der Waals surface area (Å²) in [6.45, 7) is 2.02. The number of nitrogens with zero attached hydrogens (tertiary/aromatic N) is 6. The molecule has 1 atom stereocenters. The molecule has 0 spiro atoms. The van der Waals surface area contributed by atoms with E-state index in [1.807, 2.05) is 84.4 Å². The van der Waals surface area contributed by atoms with Gasteiger partial charge >= 0.3 is 0 Å². The number of rotatable bonds is 5. The van der Waals surface area contributed by atoms with Gasteiger partial charge in [-0.3, -0.25) is 0 Å². The van der Waals surface area contributed by atoms with E-state index >= 15 is 0 Å². The summed E-state index contributed by atoms with van der Waals surface area (Å²) in [5, 5.41) is 8.45. The molecular formula is C32H27N7O2. The zero-order valence-corrected chi connectivity index (χ0v) is 22.8. The lowest BCUT2D eigenvalue weighted by Crippen LogP contribution is -2.46. The first-order chi connectivity index (χ1) is 20.1. The fourth-order valence-electron chi connectivity index (χ4n) is 5.40. The molecule has 2 aromatic heterocycles. The molecule has 2 aliphatic heterocycles. The van der Waals surface area contributed by atoms with Gasteiger partial charge in [0.25, 0.3) is 0 Å². The molecule has 0 fully saturated rings. The van der Waals surface area contributed by atoms with E-state index in [0.29, 0.717) is 23.3 Å². The molecule has 3 aromatic carbocycles. The monoisotopic (exact) mass is 541 g/mol. The van der Waals surface area contributed by atoms with Gasteiger partial charge in [-0.15, -0.1) is 0 Å². The van der Waals surface area contributed by atoms with Crippen molar-refractivity contribution in [2.24, 2.45) is 9.98 Å². The number of ether oxygens (including phenoxy) is 2. The van der Waals surface area contributed by atoms with Crippen LogP contribution in [-0.4, -0.2) is 40.7 Å². The molecule has 0 aliphatic carbocycles. The van der Waals surface area contributed by atoms with Crippen LogP contribution in [0.25, 0.3) is 5.82 Å². The summed E-state index contributed by atoms with van der Waals surface area (Å²) in [7, 11) is 3.34. The van der Waals surface area contributed by atoms with Gasteiger partial charge in [0.2, 0.25) is 0 Å². The Morgan fingerprint density at radius 1 is 0.805 bits per heavy atom. The average molecular weight is 542 g/mol. The van der Waals surface area contributed by atoms with Crippen molar-refractivity contribution in [1.82, 2.24) is 14.8 Å². The second-order valence-corrected chi connectivity index (χ2v) is 9.71. The first kappa shape index (κ1) is 24.6. The Kier molecular flexibility index (Phi) is 5.96. The molecule has 5 aromatic rings. The van der Waals surface area contributed by atoms with E-state index in [1.165, 1.54) is 0 Å². The van der Waals surface area contributed by atoms with E-state index in [9.17, 15) is 0 Å². The van der Waals surface area contributed by atoms with E-state index in [1.54, 1.807) is 20.4 Å². The number of methoxy groups -OCH3 is 2. The average Bonchev–Trinajstić information content (AvgIpc) is 3.36. The maximum atomic E-state index is 5.64. The SMILES string of the molecule is COc1cccc(NC2=Nc3ccccc3N3C2=Nc2c(c(C)nn2-c2ccccn2)C3c2cccc(OC)c2)c1. The van der Waals surface area contributed by atoms with Crippen molar-refractivity contribution in [2.45, 2.75) is 13.0 Å². The fraction of sp³-hybridized carbons (Fsp3) is 0.125. The molecule has 9 heteroatoms. The predicted molar refractivity (Wildman–Crippen MR) is 161 cm³/mol. The summed E-state index contributed by atoms with van der Waals surface area (Å²) in [6, 6.07) is 29.5. The van der Waals surface area contributed by atoms with E-state index in [2.05, 4.69) is 33.4 Å². The van der Waals surface area contributed by atoms with Crippen molar-refractivity contribution >= 4 is 34.6 Å². The Balaban J connectivity index is 1.49. The topological polar surface area (TPSA) is 89.2 Å². The standard InChI is InChI=1S/C32H27N7O2/c1-20-28-29(21-10-8-12-23(18-21)40-2)38-26-15-5-4-14-25(26)35-30(34-22-11-9-13-24(19-22)41-3)32(38)36-31(28)39(37-20)27-16-6-7-17-33-27/h4-19,29H,1-3H3,(H,34,35). The van der Waals surface area contributed by atoms with Gasteiger partial charge in [0.15, 0.2) is 23.3 Å². The molecular weight excluding hydrogens is 514 g/mol. The zero-order chi connectivity index (χ0) is 27.9. The fourth-order valence-corrected chi connectivity index (χ4v) is 5.40. The van der Waals surface area contributed by atoms with Crippen molar-refractivity contribution in [3.63, 3.8) is 0 Å². The minimum Gasteiger partial charge on any atom is -0.497 e. The number of para-hydroxylation sites is 2. The van der Waals surface area contributed by atoms with Gasteiger partial charge in [0.1, 0.15) is 11.5 Å². The number of pyridine rings is 1. The number of hydrogen-bond acceptors (Lipinski definition) is 8. The Morgan fingerprint density at radius 2 is 1.59 bits per heavy atom. The number of aryl methyl sites for hydroxylation is 1. The van der Waals surface area contributed by atoms with E-state index in [0.717, 1.165) is 45.4 Å². The normalized spacial score (nSPS) is 15.2. The minimum absolute atomic E-state index is 0.260. The van der Waals surface area contributed by atoms with E-state index in [-0.39, 0.29) is 6.04 Å². The van der Waals surface area contributed by atoms with Crippen molar-refractivity contribution in [3.05, 3.63) is 114 Å². The molecule has 2 aliphatic rings. The molecule has 0 bridgehead atoms. The van der Waals surface area contributed by atoms with Gasteiger partial charge in [-0.05, 0) is 61.0 Å². The Bertz CT molecular complexity index is 1830. The predicted octanol–water partition coefficient (Wildman–Crippen LogP) is 6.39. The Morgan fingerprint density at radius 3 is 2.39 bits per heavy atom. The lowest BCUT2D eigenvalue weighted by Gasteiger charge is -2.40. The van der Waals surface area contributed by atoms with Crippen LogP contribution < -0.4 is 19.7 Å². The number of anilines is 2. The molecule has 41 heavy (non-hydrogen) atoms. The van der Waals surface area contributed by atoms with E-state index in [4.69, 9.17) is 24.6 Å². The number of aliphatic imine (C=N–C) groups is 2. The third kappa shape index (κ3) is 4.19.